The van der Waals surface area contributed by atoms with Crippen LogP contribution in [0.15, 0.2) is 53.4 Å². The maximum atomic E-state index is 12.5. The number of carbonyl (C=O) groups excluding carboxylic acids is 2. The quantitative estimate of drug-likeness (QED) is 0.856. The maximum absolute atomic E-state index is 12.5. The zero-order chi connectivity index (χ0) is 19.6. The van der Waals surface area contributed by atoms with Crippen molar-refractivity contribution >= 4 is 27.3 Å². The van der Waals surface area contributed by atoms with Crippen molar-refractivity contribution in [3.05, 3.63) is 59.7 Å². The molecule has 1 aliphatic heterocycles. The van der Waals surface area contributed by atoms with E-state index < -0.39 is 9.84 Å². The summed E-state index contributed by atoms with van der Waals surface area (Å²) in [5.41, 5.74) is 2.12. The smallest absolute Gasteiger partial charge is 0.251 e. The van der Waals surface area contributed by atoms with Crippen molar-refractivity contribution in [3.63, 3.8) is 0 Å². The highest BCUT2D eigenvalue weighted by atomic mass is 32.2. The summed E-state index contributed by atoms with van der Waals surface area (Å²) in [5, 5.41) is 2.90. The molecule has 2 aromatic rings. The molecule has 7 heteroatoms. The number of anilines is 1. The number of rotatable bonds is 5. The van der Waals surface area contributed by atoms with E-state index in [1.54, 1.807) is 41.3 Å². The van der Waals surface area contributed by atoms with Crippen LogP contribution in [0, 0.1) is 0 Å². The second-order valence-electron chi connectivity index (χ2n) is 6.73. The van der Waals surface area contributed by atoms with Crippen LogP contribution in [0.1, 0.15) is 41.7 Å². The van der Waals surface area contributed by atoms with E-state index in [-0.39, 0.29) is 22.8 Å². The van der Waals surface area contributed by atoms with Crippen molar-refractivity contribution in [3.8, 4) is 0 Å². The minimum Gasteiger partial charge on any atom is -0.346 e. The zero-order valence-corrected chi connectivity index (χ0v) is 16.1. The third-order valence-corrected chi connectivity index (χ3v) is 5.80. The molecule has 1 unspecified atom stereocenters. The lowest BCUT2D eigenvalue weighted by molar-refractivity contribution is -0.117. The molecule has 0 aliphatic carbocycles. The standard InChI is InChI=1S/C20H22N2O4S/c1-14(15-7-11-18(12-8-15)27(2,25)26)21-20(24)16-5-9-17(10-6-16)22-13-3-4-19(22)23/h5-12,14H,3-4,13H2,1-2H3,(H,21,24). The van der Waals surface area contributed by atoms with Gasteiger partial charge in [-0.25, -0.2) is 8.42 Å². The second kappa shape index (κ2) is 7.52. The number of nitrogens with zero attached hydrogens (tertiary/aromatic N) is 1. The fourth-order valence-electron chi connectivity index (χ4n) is 3.08. The SMILES string of the molecule is CC(NC(=O)c1ccc(N2CCCC2=O)cc1)c1ccc(S(C)(=O)=O)cc1. The summed E-state index contributed by atoms with van der Waals surface area (Å²) in [6, 6.07) is 13.2. The lowest BCUT2D eigenvalue weighted by Gasteiger charge is -2.17. The fraction of sp³-hybridized carbons (Fsp3) is 0.300. The third-order valence-electron chi connectivity index (χ3n) is 4.67. The van der Waals surface area contributed by atoms with Gasteiger partial charge < -0.3 is 10.2 Å². The van der Waals surface area contributed by atoms with Crippen molar-refractivity contribution in [1.82, 2.24) is 5.32 Å². The third kappa shape index (κ3) is 4.36. The van der Waals surface area contributed by atoms with E-state index in [1.165, 1.54) is 12.1 Å². The molecule has 1 saturated heterocycles. The molecule has 6 nitrogen and oxygen atoms in total. The summed E-state index contributed by atoms with van der Waals surface area (Å²) in [6.45, 7) is 2.55. The minimum atomic E-state index is -3.24. The molecular weight excluding hydrogens is 364 g/mol. The molecule has 0 spiro atoms. The van der Waals surface area contributed by atoms with Gasteiger partial charge in [-0.05, 0) is 55.3 Å². The van der Waals surface area contributed by atoms with Crippen molar-refractivity contribution in [2.24, 2.45) is 0 Å². The molecule has 27 heavy (non-hydrogen) atoms. The van der Waals surface area contributed by atoms with E-state index in [2.05, 4.69) is 5.32 Å². The zero-order valence-electron chi connectivity index (χ0n) is 15.3. The van der Waals surface area contributed by atoms with Crippen LogP contribution in [0.3, 0.4) is 0 Å². The first-order valence-corrected chi connectivity index (χ1v) is 10.7. The molecule has 2 aromatic carbocycles. The fourth-order valence-corrected chi connectivity index (χ4v) is 3.71. The Morgan fingerprint density at radius 2 is 1.70 bits per heavy atom. The number of nitrogens with one attached hydrogen (secondary N) is 1. The normalized spacial score (nSPS) is 15.6. The van der Waals surface area contributed by atoms with E-state index in [9.17, 15) is 18.0 Å². The molecule has 1 N–H and O–H groups in total. The van der Waals surface area contributed by atoms with Gasteiger partial charge in [0.05, 0.1) is 10.9 Å². The Labute approximate surface area is 159 Å². The molecule has 0 saturated carbocycles. The molecule has 0 bridgehead atoms. The predicted octanol–water partition coefficient (Wildman–Crippen LogP) is 2.71. The average molecular weight is 386 g/mol. The van der Waals surface area contributed by atoms with E-state index in [1.807, 2.05) is 6.92 Å². The Bertz CT molecular complexity index is 950. The van der Waals surface area contributed by atoms with Gasteiger partial charge in [0.2, 0.25) is 5.91 Å². The van der Waals surface area contributed by atoms with Crippen LogP contribution in [-0.4, -0.2) is 33.0 Å². The van der Waals surface area contributed by atoms with E-state index in [0.29, 0.717) is 18.5 Å². The summed E-state index contributed by atoms with van der Waals surface area (Å²) in [5.74, 6) is -0.118. The van der Waals surface area contributed by atoms with Crippen molar-refractivity contribution < 1.29 is 18.0 Å². The van der Waals surface area contributed by atoms with Gasteiger partial charge in [0.15, 0.2) is 9.84 Å². The van der Waals surface area contributed by atoms with Gasteiger partial charge in [0.25, 0.3) is 5.91 Å². The number of sulfone groups is 1. The topological polar surface area (TPSA) is 83.6 Å². The van der Waals surface area contributed by atoms with E-state index >= 15 is 0 Å². The minimum absolute atomic E-state index is 0.110. The summed E-state index contributed by atoms with van der Waals surface area (Å²) in [7, 11) is -3.24. The summed E-state index contributed by atoms with van der Waals surface area (Å²) < 4.78 is 23.1. The number of carbonyl (C=O) groups is 2. The van der Waals surface area contributed by atoms with Crippen LogP contribution >= 0.6 is 0 Å². The highest BCUT2D eigenvalue weighted by Crippen LogP contribution is 2.22. The van der Waals surface area contributed by atoms with Gasteiger partial charge in [0.1, 0.15) is 0 Å². The first-order chi connectivity index (χ1) is 12.8. The molecule has 0 aromatic heterocycles. The molecule has 1 aliphatic rings. The lowest BCUT2D eigenvalue weighted by atomic mass is 10.1. The first-order valence-electron chi connectivity index (χ1n) is 8.77. The summed E-state index contributed by atoms with van der Waals surface area (Å²) in [6.07, 6.45) is 2.58. The van der Waals surface area contributed by atoms with Crippen LogP contribution in [0.4, 0.5) is 5.69 Å². The van der Waals surface area contributed by atoms with Crippen LogP contribution in [-0.2, 0) is 14.6 Å². The number of hydrogen-bond acceptors (Lipinski definition) is 4. The van der Waals surface area contributed by atoms with Gasteiger partial charge in [-0.2, -0.15) is 0 Å². The van der Waals surface area contributed by atoms with Crippen molar-refractivity contribution in [2.45, 2.75) is 30.7 Å². The predicted molar refractivity (Wildman–Crippen MR) is 103 cm³/mol. The van der Waals surface area contributed by atoms with Gasteiger partial charge in [-0.15, -0.1) is 0 Å². The monoisotopic (exact) mass is 386 g/mol. The highest BCUT2D eigenvalue weighted by Gasteiger charge is 2.22. The second-order valence-corrected chi connectivity index (χ2v) is 8.75. The molecular formula is C20H22N2O4S. The molecule has 0 radical (unpaired) electrons. The molecule has 1 atom stereocenters. The highest BCUT2D eigenvalue weighted by molar-refractivity contribution is 7.90. The molecule has 3 rings (SSSR count). The number of hydrogen-bond donors (Lipinski definition) is 1. The maximum Gasteiger partial charge on any atom is 0.251 e. The Balaban J connectivity index is 1.66. The Morgan fingerprint density at radius 1 is 1.07 bits per heavy atom. The van der Waals surface area contributed by atoms with Crippen LogP contribution < -0.4 is 10.2 Å². The van der Waals surface area contributed by atoms with Crippen LogP contribution in [0.2, 0.25) is 0 Å². The Morgan fingerprint density at radius 3 is 2.22 bits per heavy atom. The van der Waals surface area contributed by atoms with Crippen molar-refractivity contribution in [2.75, 3.05) is 17.7 Å². The van der Waals surface area contributed by atoms with Crippen molar-refractivity contribution in [1.29, 1.82) is 0 Å². The van der Waals surface area contributed by atoms with Gasteiger partial charge >= 0.3 is 0 Å². The Hall–Kier alpha value is -2.67. The number of benzene rings is 2. The lowest BCUT2D eigenvalue weighted by Crippen LogP contribution is -2.27. The average Bonchev–Trinajstić information content (AvgIpc) is 3.07. The van der Waals surface area contributed by atoms with Crippen LogP contribution in [0.5, 0.6) is 0 Å². The van der Waals surface area contributed by atoms with Crippen LogP contribution in [0.25, 0.3) is 0 Å². The largest absolute Gasteiger partial charge is 0.346 e. The molecule has 2 amide bonds. The molecule has 142 valence electrons. The van der Waals surface area contributed by atoms with Gasteiger partial charge in [-0.3, -0.25) is 9.59 Å². The van der Waals surface area contributed by atoms with E-state index in [4.69, 9.17) is 0 Å². The van der Waals surface area contributed by atoms with Gasteiger partial charge in [0, 0.05) is 30.5 Å². The summed E-state index contributed by atoms with van der Waals surface area (Å²) in [4.78, 5) is 26.2. The molecule has 1 heterocycles. The molecule has 1 fully saturated rings. The summed E-state index contributed by atoms with van der Waals surface area (Å²) >= 11 is 0. The van der Waals surface area contributed by atoms with Gasteiger partial charge in [-0.1, -0.05) is 12.1 Å². The van der Waals surface area contributed by atoms with E-state index in [0.717, 1.165) is 23.9 Å². The first kappa shape index (κ1) is 19.1. The Kier molecular flexibility index (Phi) is 5.32. The number of amides is 2.